The SMILES string of the molecule is COC(=O)C1CN(CC(=O)Nc2ccccc2)CCO1. The molecule has 6 heteroatoms. The summed E-state index contributed by atoms with van der Waals surface area (Å²) in [5, 5.41) is 2.81. The van der Waals surface area contributed by atoms with Crippen LogP contribution < -0.4 is 5.32 Å². The van der Waals surface area contributed by atoms with E-state index in [-0.39, 0.29) is 12.5 Å². The van der Waals surface area contributed by atoms with Crippen LogP contribution in [0.5, 0.6) is 0 Å². The highest BCUT2D eigenvalue weighted by molar-refractivity contribution is 5.92. The van der Waals surface area contributed by atoms with Gasteiger partial charge >= 0.3 is 5.97 Å². The number of rotatable bonds is 4. The molecule has 0 aliphatic carbocycles. The molecule has 1 fully saturated rings. The molecule has 108 valence electrons. The molecule has 1 aliphatic heterocycles. The molecule has 0 bridgehead atoms. The first-order valence-electron chi connectivity index (χ1n) is 6.45. The Balaban J connectivity index is 1.83. The third kappa shape index (κ3) is 4.04. The van der Waals surface area contributed by atoms with Crippen molar-refractivity contribution in [3.8, 4) is 0 Å². The Hall–Kier alpha value is -1.92. The first-order valence-corrected chi connectivity index (χ1v) is 6.45. The Kier molecular flexibility index (Phi) is 5.09. The van der Waals surface area contributed by atoms with Crippen molar-refractivity contribution < 1.29 is 19.1 Å². The first kappa shape index (κ1) is 14.5. The number of nitrogens with one attached hydrogen (secondary N) is 1. The Labute approximate surface area is 117 Å². The highest BCUT2D eigenvalue weighted by atomic mass is 16.6. The Morgan fingerprint density at radius 2 is 2.15 bits per heavy atom. The maximum atomic E-state index is 11.9. The number of amides is 1. The van der Waals surface area contributed by atoms with Crippen LogP contribution in [0, 0.1) is 0 Å². The van der Waals surface area contributed by atoms with Gasteiger partial charge in [-0.3, -0.25) is 9.69 Å². The van der Waals surface area contributed by atoms with Crippen molar-refractivity contribution in [3.05, 3.63) is 30.3 Å². The summed E-state index contributed by atoms with van der Waals surface area (Å²) >= 11 is 0. The number of carbonyl (C=O) groups excluding carboxylic acids is 2. The predicted octanol–water partition coefficient (Wildman–Crippen LogP) is 0.499. The molecule has 0 radical (unpaired) electrons. The minimum absolute atomic E-state index is 0.110. The van der Waals surface area contributed by atoms with Gasteiger partial charge in [0.1, 0.15) is 0 Å². The summed E-state index contributed by atoms with van der Waals surface area (Å²) in [5.74, 6) is -0.514. The van der Waals surface area contributed by atoms with E-state index >= 15 is 0 Å². The van der Waals surface area contributed by atoms with Crippen LogP contribution in [0.4, 0.5) is 5.69 Å². The molecule has 6 nitrogen and oxygen atoms in total. The highest BCUT2D eigenvalue weighted by Gasteiger charge is 2.28. The lowest BCUT2D eigenvalue weighted by Crippen LogP contribution is -2.48. The van der Waals surface area contributed by atoms with Crippen LogP contribution in [0.25, 0.3) is 0 Å². The van der Waals surface area contributed by atoms with Gasteiger partial charge in [0.05, 0.1) is 20.3 Å². The minimum atomic E-state index is -0.613. The topological polar surface area (TPSA) is 67.9 Å². The number of anilines is 1. The van der Waals surface area contributed by atoms with E-state index in [0.717, 1.165) is 5.69 Å². The molecule has 1 amide bonds. The first-order chi connectivity index (χ1) is 9.69. The monoisotopic (exact) mass is 278 g/mol. The van der Waals surface area contributed by atoms with E-state index in [4.69, 9.17) is 4.74 Å². The molecule has 20 heavy (non-hydrogen) atoms. The molecule has 1 aromatic rings. The molecule has 1 atom stereocenters. The van der Waals surface area contributed by atoms with Gasteiger partial charge in [0.25, 0.3) is 0 Å². The molecule has 1 unspecified atom stereocenters. The quantitative estimate of drug-likeness (QED) is 0.812. The maximum Gasteiger partial charge on any atom is 0.336 e. The predicted molar refractivity (Wildman–Crippen MR) is 73.3 cm³/mol. The van der Waals surface area contributed by atoms with E-state index < -0.39 is 12.1 Å². The van der Waals surface area contributed by atoms with Crippen molar-refractivity contribution in [2.75, 3.05) is 38.7 Å². The second-order valence-electron chi connectivity index (χ2n) is 4.53. The number of carbonyl (C=O) groups is 2. The molecule has 1 aromatic carbocycles. The second-order valence-corrected chi connectivity index (χ2v) is 4.53. The average Bonchev–Trinajstić information content (AvgIpc) is 2.47. The fourth-order valence-electron chi connectivity index (χ4n) is 2.05. The third-order valence-electron chi connectivity index (χ3n) is 3.04. The number of methoxy groups -OCH3 is 1. The van der Waals surface area contributed by atoms with Gasteiger partial charge in [0, 0.05) is 18.8 Å². The maximum absolute atomic E-state index is 11.9. The lowest BCUT2D eigenvalue weighted by Gasteiger charge is -2.30. The van der Waals surface area contributed by atoms with Gasteiger partial charge in [0.2, 0.25) is 5.91 Å². The standard InChI is InChI=1S/C14H18N2O4/c1-19-14(18)12-9-16(7-8-20-12)10-13(17)15-11-5-3-2-4-6-11/h2-6,12H,7-10H2,1H3,(H,15,17). The van der Waals surface area contributed by atoms with Gasteiger partial charge in [-0.1, -0.05) is 18.2 Å². The van der Waals surface area contributed by atoms with Crippen LogP contribution in [0.3, 0.4) is 0 Å². The number of ether oxygens (including phenoxy) is 2. The Morgan fingerprint density at radius 3 is 2.85 bits per heavy atom. The summed E-state index contributed by atoms with van der Waals surface area (Å²) in [5.41, 5.74) is 0.760. The van der Waals surface area contributed by atoms with Gasteiger partial charge < -0.3 is 14.8 Å². The van der Waals surface area contributed by atoms with E-state index in [0.29, 0.717) is 19.7 Å². The fraction of sp³-hybridized carbons (Fsp3) is 0.429. The Morgan fingerprint density at radius 1 is 1.40 bits per heavy atom. The van der Waals surface area contributed by atoms with Gasteiger partial charge in [-0.15, -0.1) is 0 Å². The van der Waals surface area contributed by atoms with Crippen LogP contribution in [0.1, 0.15) is 0 Å². The molecule has 0 aromatic heterocycles. The Bertz CT molecular complexity index is 464. The highest BCUT2D eigenvalue weighted by Crippen LogP contribution is 2.08. The van der Waals surface area contributed by atoms with Crippen LogP contribution in [0.15, 0.2) is 30.3 Å². The van der Waals surface area contributed by atoms with Crippen molar-refractivity contribution in [2.24, 2.45) is 0 Å². The summed E-state index contributed by atoms with van der Waals surface area (Å²) in [6.07, 6.45) is -0.613. The number of morpholine rings is 1. The largest absolute Gasteiger partial charge is 0.467 e. The fourth-order valence-corrected chi connectivity index (χ4v) is 2.05. The molecule has 2 rings (SSSR count). The summed E-state index contributed by atoms with van der Waals surface area (Å²) in [4.78, 5) is 25.2. The van der Waals surface area contributed by atoms with Crippen molar-refractivity contribution in [1.82, 2.24) is 4.90 Å². The van der Waals surface area contributed by atoms with Gasteiger partial charge in [0.15, 0.2) is 6.10 Å². The zero-order chi connectivity index (χ0) is 14.4. The normalized spacial score (nSPS) is 19.4. The van der Waals surface area contributed by atoms with Crippen LogP contribution in [-0.2, 0) is 19.1 Å². The number of hydrogen-bond acceptors (Lipinski definition) is 5. The number of esters is 1. The number of para-hydroxylation sites is 1. The van der Waals surface area contributed by atoms with Crippen LogP contribution >= 0.6 is 0 Å². The van der Waals surface area contributed by atoms with E-state index in [1.807, 2.05) is 35.2 Å². The molecule has 1 heterocycles. The number of nitrogens with zero attached hydrogens (tertiary/aromatic N) is 1. The summed E-state index contributed by atoms with van der Waals surface area (Å²) in [7, 11) is 1.33. The number of hydrogen-bond donors (Lipinski definition) is 1. The zero-order valence-electron chi connectivity index (χ0n) is 11.4. The summed E-state index contributed by atoms with van der Waals surface area (Å²) in [6.45, 7) is 1.63. The van der Waals surface area contributed by atoms with E-state index in [1.54, 1.807) is 0 Å². The lowest BCUT2D eigenvalue weighted by atomic mass is 10.2. The molecule has 1 saturated heterocycles. The second kappa shape index (κ2) is 7.02. The van der Waals surface area contributed by atoms with E-state index in [1.165, 1.54) is 7.11 Å². The van der Waals surface area contributed by atoms with Gasteiger partial charge in [-0.2, -0.15) is 0 Å². The smallest absolute Gasteiger partial charge is 0.336 e. The molecule has 1 N–H and O–H groups in total. The zero-order valence-corrected chi connectivity index (χ0v) is 11.4. The number of benzene rings is 1. The van der Waals surface area contributed by atoms with Crippen molar-refractivity contribution >= 4 is 17.6 Å². The van der Waals surface area contributed by atoms with Crippen molar-refractivity contribution in [2.45, 2.75) is 6.10 Å². The van der Waals surface area contributed by atoms with Crippen LogP contribution in [-0.4, -0.2) is 56.2 Å². The average molecular weight is 278 g/mol. The van der Waals surface area contributed by atoms with Gasteiger partial charge in [-0.05, 0) is 12.1 Å². The van der Waals surface area contributed by atoms with Crippen molar-refractivity contribution in [1.29, 1.82) is 0 Å². The minimum Gasteiger partial charge on any atom is -0.467 e. The van der Waals surface area contributed by atoms with E-state index in [2.05, 4.69) is 10.1 Å². The van der Waals surface area contributed by atoms with Gasteiger partial charge in [-0.25, -0.2) is 4.79 Å². The summed E-state index contributed by atoms with van der Waals surface area (Å²) < 4.78 is 9.96. The molecule has 0 saturated carbocycles. The summed E-state index contributed by atoms with van der Waals surface area (Å²) in [6, 6.07) is 9.26. The van der Waals surface area contributed by atoms with E-state index in [9.17, 15) is 9.59 Å². The molecular formula is C14H18N2O4. The molecular weight excluding hydrogens is 260 g/mol. The molecule has 0 spiro atoms. The molecule has 1 aliphatic rings. The lowest BCUT2D eigenvalue weighted by molar-refractivity contribution is -0.160. The van der Waals surface area contributed by atoms with Crippen molar-refractivity contribution in [3.63, 3.8) is 0 Å². The van der Waals surface area contributed by atoms with Crippen LogP contribution in [0.2, 0.25) is 0 Å². The third-order valence-corrected chi connectivity index (χ3v) is 3.04.